The van der Waals surface area contributed by atoms with Crippen LogP contribution < -0.4 is 0 Å². The number of benzene rings is 1. The van der Waals surface area contributed by atoms with E-state index in [0.717, 1.165) is 16.0 Å². The van der Waals surface area contributed by atoms with Crippen molar-refractivity contribution in [1.29, 1.82) is 0 Å². The molecule has 0 amide bonds. The standard InChI is InChI=1S/C10H9ClOS/c1-7-6-13(2,12)10-4-3-8(11)5-9(7)10/h3-6H,2H2,1H3. The van der Waals surface area contributed by atoms with Crippen molar-refractivity contribution in [2.45, 2.75) is 11.8 Å². The Morgan fingerprint density at radius 1 is 1.46 bits per heavy atom. The lowest BCUT2D eigenvalue weighted by Gasteiger charge is -2.02. The minimum absolute atomic E-state index is 0.670. The Kier molecular flexibility index (Phi) is 1.79. The van der Waals surface area contributed by atoms with Crippen LogP contribution in [0.2, 0.25) is 5.02 Å². The van der Waals surface area contributed by atoms with Gasteiger partial charge in [0.05, 0.1) is 0 Å². The highest BCUT2D eigenvalue weighted by Gasteiger charge is 2.19. The van der Waals surface area contributed by atoms with Crippen molar-refractivity contribution in [1.82, 2.24) is 0 Å². The summed E-state index contributed by atoms with van der Waals surface area (Å²) < 4.78 is 11.9. The Labute approximate surface area is 83.0 Å². The number of rotatable bonds is 0. The summed E-state index contributed by atoms with van der Waals surface area (Å²) in [7, 11) is -2.19. The highest BCUT2D eigenvalue weighted by atomic mass is 35.5. The molecular weight excluding hydrogens is 204 g/mol. The molecule has 0 aliphatic carbocycles. The normalized spacial score (nSPS) is 25.5. The molecule has 0 radical (unpaired) electrons. The zero-order valence-electron chi connectivity index (χ0n) is 7.21. The van der Waals surface area contributed by atoms with Gasteiger partial charge in [0, 0.05) is 24.8 Å². The first-order valence-electron chi connectivity index (χ1n) is 3.86. The molecule has 0 N–H and O–H groups in total. The maximum Gasteiger partial charge on any atom is 0.0420 e. The Bertz CT molecular complexity index is 498. The molecule has 0 saturated carbocycles. The van der Waals surface area contributed by atoms with Crippen LogP contribution in [0.3, 0.4) is 0 Å². The van der Waals surface area contributed by atoms with Crippen LogP contribution in [0.25, 0.3) is 5.57 Å². The number of hydrogen-bond donors (Lipinski definition) is 0. The van der Waals surface area contributed by atoms with Gasteiger partial charge in [0.15, 0.2) is 0 Å². The van der Waals surface area contributed by atoms with Crippen LogP contribution in [0.1, 0.15) is 12.5 Å². The SMILES string of the molecule is C=S1(=O)C=C(C)c2cc(Cl)ccc21. The fourth-order valence-corrected chi connectivity index (χ4v) is 3.41. The summed E-state index contributed by atoms with van der Waals surface area (Å²) in [5, 5.41) is 2.39. The van der Waals surface area contributed by atoms with Crippen molar-refractivity contribution in [3.05, 3.63) is 34.2 Å². The number of allylic oxidation sites excluding steroid dienone is 1. The molecule has 0 bridgehead atoms. The van der Waals surface area contributed by atoms with E-state index in [2.05, 4.69) is 5.87 Å². The quantitative estimate of drug-likeness (QED) is 0.605. The fraction of sp³-hybridized carbons (Fsp3) is 0.100. The van der Waals surface area contributed by atoms with E-state index in [4.69, 9.17) is 11.6 Å². The van der Waals surface area contributed by atoms with Crippen molar-refractivity contribution in [2.24, 2.45) is 0 Å². The largest absolute Gasteiger partial charge is 0.259 e. The third-order valence-electron chi connectivity index (χ3n) is 2.11. The van der Waals surface area contributed by atoms with Gasteiger partial charge in [-0.15, -0.1) is 0 Å². The van der Waals surface area contributed by atoms with Crippen molar-refractivity contribution in [2.75, 3.05) is 0 Å². The zero-order chi connectivity index (χ0) is 9.64. The van der Waals surface area contributed by atoms with Gasteiger partial charge < -0.3 is 0 Å². The highest BCUT2D eigenvalue weighted by molar-refractivity contribution is 8.03. The molecule has 1 aromatic rings. The van der Waals surface area contributed by atoms with Crippen LogP contribution in [-0.4, -0.2) is 10.1 Å². The molecule has 2 rings (SSSR count). The molecule has 1 aliphatic heterocycles. The van der Waals surface area contributed by atoms with Gasteiger partial charge in [-0.1, -0.05) is 11.6 Å². The number of halogens is 1. The smallest absolute Gasteiger partial charge is 0.0420 e. The lowest BCUT2D eigenvalue weighted by Crippen LogP contribution is -1.91. The number of hydrogen-bond acceptors (Lipinski definition) is 1. The molecule has 1 unspecified atom stereocenters. The Hall–Kier alpha value is -0.730. The van der Waals surface area contributed by atoms with E-state index in [9.17, 15) is 4.21 Å². The maximum absolute atomic E-state index is 11.9. The average molecular weight is 213 g/mol. The van der Waals surface area contributed by atoms with E-state index in [0.29, 0.717) is 5.02 Å². The predicted molar refractivity (Wildman–Crippen MR) is 58.6 cm³/mol. The molecule has 3 heteroatoms. The molecule has 1 aliphatic rings. The summed E-state index contributed by atoms with van der Waals surface area (Å²) in [5.74, 6) is 3.70. The third-order valence-corrected chi connectivity index (χ3v) is 4.18. The summed E-state index contributed by atoms with van der Waals surface area (Å²) in [6.07, 6.45) is 0. The van der Waals surface area contributed by atoms with Gasteiger partial charge in [-0.25, -0.2) is 0 Å². The van der Waals surface area contributed by atoms with Gasteiger partial charge in [-0.3, -0.25) is 4.21 Å². The van der Waals surface area contributed by atoms with Crippen LogP contribution in [0.5, 0.6) is 0 Å². The molecule has 0 fully saturated rings. The first-order chi connectivity index (χ1) is 6.00. The van der Waals surface area contributed by atoms with Crippen molar-refractivity contribution in [3.63, 3.8) is 0 Å². The summed E-state index contributed by atoms with van der Waals surface area (Å²) >= 11 is 5.84. The first-order valence-corrected chi connectivity index (χ1v) is 6.03. The molecule has 1 heterocycles. The van der Waals surface area contributed by atoms with Crippen molar-refractivity contribution < 1.29 is 4.21 Å². The second-order valence-electron chi connectivity index (χ2n) is 3.17. The van der Waals surface area contributed by atoms with E-state index in [-0.39, 0.29) is 0 Å². The lowest BCUT2D eigenvalue weighted by molar-refractivity contribution is 0.687. The number of fused-ring (bicyclic) bond motifs is 1. The molecule has 0 saturated heterocycles. The van der Waals surface area contributed by atoms with E-state index >= 15 is 0 Å². The molecule has 1 nitrogen and oxygen atoms in total. The van der Waals surface area contributed by atoms with Gasteiger partial charge in [-0.05, 0) is 42.1 Å². The van der Waals surface area contributed by atoms with Crippen LogP contribution in [-0.2, 0) is 9.52 Å². The molecule has 0 spiro atoms. The topological polar surface area (TPSA) is 17.1 Å². The molecule has 13 heavy (non-hydrogen) atoms. The summed E-state index contributed by atoms with van der Waals surface area (Å²) in [6.45, 7) is 1.92. The summed E-state index contributed by atoms with van der Waals surface area (Å²) in [4.78, 5) is 0.800. The molecular formula is C10H9ClOS. The van der Waals surface area contributed by atoms with Crippen LogP contribution >= 0.6 is 11.6 Å². The summed E-state index contributed by atoms with van der Waals surface area (Å²) in [6, 6.07) is 5.37. The molecule has 1 aromatic carbocycles. The third kappa shape index (κ3) is 1.30. The molecule has 68 valence electrons. The second-order valence-corrected chi connectivity index (χ2v) is 5.73. The minimum Gasteiger partial charge on any atom is -0.259 e. The Balaban J connectivity index is 2.82. The molecule has 1 atom stereocenters. The van der Waals surface area contributed by atoms with Crippen LogP contribution in [0.15, 0.2) is 28.5 Å². The fourth-order valence-electron chi connectivity index (χ4n) is 1.52. The minimum atomic E-state index is -2.19. The van der Waals surface area contributed by atoms with E-state index in [1.807, 2.05) is 13.0 Å². The van der Waals surface area contributed by atoms with Gasteiger partial charge in [-0.2, -0.15) is 0 Å². The van der Waals surface area contributed by atoms with Gasteiger partial charge >= 0.3 is 0 Å². The van der Waals surface area contributed by atoms with E-state index in [1.54, 1.807) is 17.5 Å². The maximum atomic E-state index is 11.9. The van der Waals surface area contributed by atoms with E-state index in [1.165, 1.54) is 0 Å². The summed E-state index contributed by atoms with van der Waals surface area (Å²) in [5.41, 5.74) is 1.96. The first kappa shape index (κ1) is 8.85. The lowest BCUT2D eigenvalue weighted by atomic mass is 10.1. The Morgan fingerprint density at radius 3 is 2.85 bits per heavy atom. The van der Waals surface area contributed by atoms with Crippen LogP contribution in [0.4, 0.5) is 0 Å². The van der Waals surface area contributed by atoms with Gasteiger partial charge in [0.2, 0.25) is 0 Å². The van der Waals surface area contributed by atoms with Gasteiger partial charge in [0.25, 0.3) is 0 Å². The zero-order valence-corrected chi connectivity index (χ0v) is 8.78. The predicted octanol–water partition coefficient (Wildman–Crippen LogP) is 2.79. The van der Waals surface area contributed by atoms with Crippen LogP contribution in [0, 0.1) is 0 Å². The molecule has 0 aromatic heterocycles. The average Bonchev–Trinajstić information content (AvgIpc) is 2.22. The Morgan fingerprint density at radius 2 is 2.15 bits per heavy atom. The van der Waals surface area contributed by atoms with Gasteiger partial charge in [0.1, 0.15) is 0 Å². The van der Waals surface area contributed by atoms with Crippen molar-refractivity contribution >= 4 is 32.6 Å². The second kappa shape index (κ2) is 2.63. The highest BCUT2D eigenvalue weighted by Crippen LogP contribution is 2.34. The van der Waals surface area contributed by atoms with E-state index < -0.39 is 9.52 Å². The van der Waals surface area contributed by atoms with Crippen molar-refractivity contribution in [3.8, 4) is 0 Å². The monoisotopic (exact) mass is 212 g/mol.